The van der Waals surface area contributed by atoms with Gasteiger partial charge < -0.3 is 5.32 Å². The highest BCUT2D eigenvalue weighted by atomic mass is 35.5. The Morgan fingerprint density at radius 2 is 1.86 bits per heavy atom. The van der Waals surface area contributed by atoms with Gasteiger partial charge in [-0.1, -0.05) is 35.9 Å². The second-order valence-electron chi connectivity index (χ2n) is 7.13. The predicted octanol–water partition coefficient (Wildman–Crippen LogP) is 3.89. The van der Waals surface area contributed by atoms with Crippen LogP contribution in [0.1, 0.15) is 34.7 Å². The van der Waals surface area contributed by atoms with Crippen LogP contribution in [0, 0.1) is 0 Å². The van der Waals surface area contributed by atoms with E-state index in [-0.39, 0.29) is 5.91 Å². The van der Waals surface area contributed by atoms with Gasteiger partial charge in [0.05, 0.1) is 11.4 Å². The van der Waals surface area contributed by atoms with Crippen LogP contribution < -0.4 is 11.0 Å². The molecule has 2 N–H and O–H groups in total. The zero-order valence-corrected chi connectivity index (χ0v) is 16.0. The Balaban J connectivity index is 1.47. The summed E-state index contributed by atoms with van der Waals surface area (Å²) < 4.78 is 1.04. The highest BCUT2D eigenvalue weighted by Crippen LogP contribution is 2.40. The number of nitrogens with zero attached hydrogens (tertiary/aromatic N) is 3. The topological polar surface area (TPSA) is 92.7 Å². The summed E-state index contributed by atoms with van der Waals surface area (Å²) >= 11 is 6.06. The minimum atomic E-state index is -0.528. The summed E-state index contributed by atoms with van der Waals surface area (Å²) in [5, 5.41) is 14.8. The molecule has 1 heterocycles. The molecular formula is C21H16ClN5O2. The van der Waals surface area contributed by atoms with Crippen molar-refractivity contribution in [1.82, 2.24) is 20.2 Å². The van der Waals surface area contributed by atoms with Crippen molar-refractivity contribution < 1.29 is 4.79 Å². The predicted molar refractivity (Wildman–Crippen MR) is 111 cm³/mol. The summed E-state index contributed by atoms with van der Waals surface area (Å²) in [5.74, 6) is 0.393. The van der Waals surface area contributed by atoms with Gasteiger partial charge in [-0.05, 0) is 75.9 Å². The molecule has 4 aromatic rings. The monoisotopic (exact) mass is 405 g/mol. The third-order valence-corrected chi connectivity index (χ3v) is 5.32. The van der Waals surface area contributed by atoms with E-state index in [0.29, 0.717) is 27.9 Å². The fourth-order valence-corrected chi connectivity index (χ4v) is 3.58. The third kappa shape index (κ3) is 3.40. The van der Waals surface area contributed by atoms with Crippen LogP contribution in [0.15, 0.2) is 59.4 Å². The fraction of sp³-hybridized carbons (Fsp3) is 0.143. The number of aromatic amines is 1. The quantitative estimate of drug-likeness (QED) is 0.538. The molecule has 1 aliphatic carbocycles. The number of H-pyrrole nitrogens is 1. The second-order valence-corrected chi connectivity index (χ2v) is 7.57. The van der Waals surface area contributed by atoms with Gasteiger partial charge in [-0.2, -0.15) is 4.68 Å². The van der Waals surface area contributed by atoms with Crippen molar-refractivity contribution >= 4 is 34.0 Å². The maximum atomic E-state index is 12.9. The number of tetrazole rings is 1. The summed E-state index contributed by atoms with van der Waals surface area (Å²) in [6, 6.07) is 16.8. The van der Waals surface area contributed by atoms with E-state index >= 15 is 0 Å². The van der Waals surface area contributed by atoms with Gasteiger partial charge in [0.1, 0.15) is 0 Å². The highest BCUT2D eigenvalue weighted by molar-refractivity contribution is 6.31. The molecule has 144 valence electrons. The summed E-state index contributed by atoms with van der Waals surface area (Å²) in [4.78, 5) is 24.8. The van der Waals surface area contributed by atoms with Crippen molar-refractivity contribution in [2.75, 3.05) is 5.32 Å². The molecule has 0 radical (unpaired) electrons. The molecule has 29 heavy (non-hydrogen) atoms. The lowest BCUT2D eigenvalue weighted by molar-refractivity contribution is 0.102. The normalized spacial score (nSPS) is 13.6. The van der Waals surface area contributed by atoms with Crippen LogP contribution in [0.5, 0.6) is 0 Å². The summed E-state index contributed by atoms with van der Waals surface area (Å²) in [6.07, 6.45) is 2.51. The number of amides is 1. The second kappa shape index (κ2) is 6.86. The van der Waals surface area contributed by atoms with Crippen LogP contribution in [-0.2, 0) is 0 Å². The smallest absolute Gasteiger partial charge is 0.320 e. The SMILES string of the molecule is O=C(Nc1ccc(Cl)cc1-n1nn[nH]c1=O)c1ccc2cc(C3CC3)ccc2c1. The first kappa shape index (κ1) is 17.6. The molecule has 0 bridgehead atoms. The first-order chi connectivity index (χ1) is 14.1. The van der Waals surface area contributed by atoms with Gasteiger partial charge in [0.25, 0.3) is 5.91 Å². The van der Waals surface area contributed by atoms with E-state index in [0.717, 1.165) is 15.5 Å². The summed E-state index contributed by atoms with van der Waals surface area (Å²) in [6.45, 7) is 0. The first-order valence-corrected chi connectivity index (χ1v) is 9.62. The zero-order valence-electron chi connectivity index (χ0n) is 15.2. The molecule has 5 rings (SSSR count). The van der Waals surface area contributed by atoms with Gasteiger partial charge in [-0.25, -0.2) is 9.89 Å². The number of rotatable bonds is 4. The number of carbonyl (C=O) groups is 1. The lowest BCUT2D eigenvalue weighted by Crippen LogP contribution is -2.20. The van der Waals surface area contributed by atoms with Gasteiger partial charge in [0.15, 0.2) is 0 Å². The molecule has 3 aromatic carbocycles. The molecule has 1 amide bonds. The van der Waals surface area contributed by atoms with Gasteiger partial charge in [-0.3, -0.25) is 4.79 Å². The third-order valence-electron chi connectivity index (χ3n) is 5.08. The molecule has 1 aliphatic rings. The van der Waals surface area contributed by atoms with E-state index in [1.54, 1.807) is 24.3 Å². The Kier molecular flexibility index (Phi) is 4.17. The van der Waals surface area contributed by atoms with Crippen molar-refractivity contribution in [2.24, 2.45) is 0 Å². The van der Waals surface area contributed by atoms with Crippen LogP contribution in [-0.4, -0.2) is 26.1 Å². The van der Waals surface area contributed by atoms with Crippen LogP contribution in [0.25, 0.3) is 16.5 Å². The zero-order chi connectivity index (χ0) is 20.0. The number of halogens is 1. The molecule has 0 spiro atoms. The number of nitrogens with one attached hydrogen (secondary N) is 2. The molecule has 1 saturated carbocycles. The first-order valence-electron chi connectivity index (χ1n) is 9.24. The molecule has 8 heteroatoms. The maximum Gasteiger partial charge on any atom is 0.365 e. The molecule has 1 fully saturated rings. The molecule has 0 saturated heterocycles. The van der Waals surface area contributed by atoms with Crippen LogP contribution >= 0.6 is 11.6 Å². The van der Waals surface area contributed by atoms with E-state index in [9.17, 15) is 9.59 Å². The van der Waals surface area contributed by atoms with E-state index in [4.69, 9.17) is 11.6 Å². The molecule has 1 aromatic heterocycles. The molecule has 0 unspecified atom stereocenters. The van der Waals surface area contributed by atoms with Crippen molar-refractivity contribution in [1.29, 1.82) is 0 Å². The number of fused-ring (bicyclic) bond motifs is 1. The van der Waals surface area contributed by atoms with E-state index < -0.39 is 5.69 Å². The van der Waals surface area contributed by atoms with Crippen molar-refractivity contribution in [3.8, 4) is 5.69 Å². The fourth-order valence-electron chi connectivity index (χ4n) is 3.41. The molecule has 0 atom stereocenters. The Morgan fingerprint density at radius 3 is 2.62 bits per heavy atom. The lowest BCUT2D eigenvalue weighted by atomic mass is 10.0. The Morgan fingerprint density at radius 1 is 1.07 bits per heavy atom. The minimum Gasteiger partial charge on any atom is -0.320 e. The number of anilines is 1. The Bertz CT molecular complexity index is 1310. The Labute approximate surface area is 170 Å². The molecular weight excluding hydrogens is 390 g/mol. The van der Waals surface area contributed by atoms with Crippen LogP contribution in [0.4, 0.5) is 5.69 Å². The van der Waals surface area contributed by atoms with E-state index in [1.807, 2.05) is 12.1 Å². The highest BCUT2D eigenvalue weighted by Gasteiger charge is 2.23. The maximum absolute atomic E-state index is 12.9. The lowest BCUT2D eigenvalue weighted by Gasteiger charge is -2.11. The largest absolute Gasteiger partial charge is 0.365 e. The molecule has 0 aliphatic heterocycles. The standard InChI is InChI=1S/C21H16ClN5O2/c22-17-7-8-18(19(11-17)27-21(29)24-25-26-27)23-20(28)16-6-5-14-9-13(12-1-2-12)3-4-15(14)10-16/h3-12H,1-2H2,(H,23,28)(H,24,26,29). The number of aromatic nitrogens is 4. The van der Waals surface area contributed by atoms with Crippen molar-refractivity contribution in [2.45, 2.75) is 18.8 Å². The number of hydrogen-bond acceptors (Lipinski definition) is 4. The summed E-state index contributed by atoms with van der Waals surface area (Å²) in [5.41, 5.74) is 2.09. The van der Waals surface area contributed by atoms with Crippen molar-refractivity contribution in [3.63, 3.8) is 0 Å². The van der Waals surface area contributed by atoms with Gasteiger partial charge in [0, 0.05) is 10.6 Å². The van der Waals surface area contributed by atoms with E-state index in [2.05, 4.69) is 39.0 Å². The number of benzene rings is 3. The molecule has 7 nitrogen and oxygen atoms in total. The number of carbonyl (C=O) groups excluding carboxylic acids is 1. The van der Waals surface area contributed by atoms with Gasteiger partial charge >= 0.3 is 5.69 Å². The van der Waals surface area contributed by atoms with E-state index in [1.165, 1.54) is 18.4 Å². The Hall–Kier alpha value is -3.45. The summed E-state index contributed by atoms with van der Waals surface area (Å²) in [7, 11) is 0. The average Bonchev–Trinajstić information content (AvgIpc) is 3.49. The average molecular weight is 406 g/mol. The van der Waals surface area contributed by atoms with Crippen LogP contribution in [0.2, 0.25) is 5.02 Å². The minimum absolute atomic E-state index is 0.293. The number of hydrogen-bond donors (Lipinski definition) is 2. The van der Waals surface area contributed by atoms with Gasteiger partial charge in [-0.15, -0.1) is 0 Å². The van der Waals surface area contributed by atoms with Crippen molar-refractivity contribution in [3.05, 3.63) is 81.2 Å². The van der Waals surface area contributed by atoms with Gasteiger partial charge in [0.2, 0.25) is 0 Å². The van der Waals surface area contributed by atoms with Crippen LogP contribution in [0.3, 0.4) is 0 Å².